The van der Waals surface area contributed by atoms with Crippen LogP contribution in [0.25, 0.3) is 0 Å². The summed E-state index contributed by atoms with van der Waals surface area (Å²) in [4.78, 5) is 19.9. The summed E-state index contributed by atoms with van der Waals surface area (Å²) in [5.74, 6) is 0.776. The molecule has 1 aliphatic carbocycles. The molecule has 0 unspecified atom stereocenters. The number of nitrogens with zero attached hydrogens (tertiary/aromatic N) is 2. The lowest BCUT2D eigenvalue weighted by Gasteiger charge is -2.11. The zero-order valence-electron chi connectivity index (χ0n) is 10.2. The first kappa shape index (κ1) is 11.8. The number of methoxy groups -OCH3 is 1. The van der Waals surface area contributed by atoms with Crippen LogP contribution in [-0.2, 0) is 4.74 Å². The molecule has 0 saturated heterocycles. The molecule has 0 radical (unpaired) electrons. The third kappa shape index (κ3) is 2.54. The molecule has 1 aromatic heterocycles. The van der Waals surface area contributed by atoms with Gasteiger partial charge in [0.15, 0.2) is 0 Å². The van der Waals surface area contributed by atoms with Crippen LogP contribution in [0.2, 0.25) is 0 Å². The molecule has 0 spiro atoms. The number of rotatable bonds is 3. The van der Waals surface area contributed by atoms with Gasteiger partial charge in [0.25, 0.3) is 0 Å². The molecule has 1 fully saturated rings. The molecule has 0 bridgehead atoms. The summed E-state index contributed by atoms with van der Waals surface area (Å²) in [7, 11) is 3.12. The zero-order valence-corrected chi connectivity index (χ0v) is 10.2. The maximum atomic E-state index is 11.5. The van der Waals surface area contributed by atoms with Crippen molar-refractivity contribution in [3.05, 3.63) is 17.6 Å². The van der Waals surface area contributed by atoms with E-state index in [1.165, 1.54) is 20.0 Å². The normalized spacial score (nSPS) is 15.9. The van der Waals surface area contributed by atoms with Crippen molar-refractivity contribution in [1.29, 1.82) is 0 Å². The Labute approximate surface area is 101 Å². The highest BCUT2D eigenvalue weighted by molar-refractivity contribution is 5.85. The van der Waals surface area contributed by atoms with Gasteiger partial charge in [-0.25, -0.2) is 14.8 Å². The molecule has 1 N–H and O–H groups in total. The number of hydrogen-bond donors (Lipinski definition) is 1. The number of hydrogen-bond acceptors (Lipinski definition) is 5. The van der Waals surface area contributed by atoms with E-state index in [1.807, 2.05) is 6.07 Å². The zero-order chi connectivity index (χ0) is 12.3. The highest BCUT2D eigenvalue weighted by Gasteiger charge is 2.21. The number of nitrogens with one attached hydrogen (secondary N) is 1. The van der Waals surface area contributed by atoms with E-state index in [4.69, 9.17) is 0 Å². The SMILES string of the molecule is CNc1cc(C2CCCC2)nc(C(=O)OC)n1. The van der Waals surface area contributed by atoms with Crippen LogP contribution in [0.15, 0.2) is 6.07 Å². The van der Waals surface area contributed by atoms with Crippen molar-refractivity contribution in [2.45, 2.75) is 31.6 Å². The predicted octanol–water partition coefficient (Wildman–Crippen LogP) is 1.96. The van der Waals surface area contributed by atoms with Gasteiger partial charge in [-0.1, -0.05) is 12.8 Å². The molecule has 1 aliphatic rings. The summed E-state index contributed by atoms with van der Waals surface area (Å²) in [6, 6.07) is 1.92. The Morgan fingerprint density at radius 2 is 2.12 bits per heavy atom. The third-order valence-electron chi connectivity index (χ3n) is 3.14. The van der Waals surface area contributed by atoms with Gasteiger partial charge in [-0.05, 0) is 12.8 Å². The van der Waals surface area contributed by atoms with Crippen molar-refractivity contribution in [3.8, 4) is 0 Å². The number of anilines is 1. The number of ether oxygens (including phenoxy) is 1. The monoisotopic (exact) mass is 235 g/mol. The van der Waals surface area contributed by atoms with Crippen LogP contribution in [0, 0.1) is 0 Å². The van der Waals surface area contributed by atoms with Crippen LogP contribution in [0.5, 0.6) is 0 Å². The Hall–Kier alpha value is -1.65. The quantitative estimate of drug-likeness (QED) is 0.811. The highest BCUT2D eigenvalue weighted by atomic mass is 16.5. The van der Waals surface area contributed by atoms with E-state index in [0.717, 1.165) is 18.5 Å². The fourth-order valence-electron chi connectivity index (χ4n) is 2.21. The van der Waals surface area contributed by atoms with Crippen molar-refractivity contribution in [1.82, 2.24) is 9.97 Å². The molecule has 2 rings (SSSR count). The molecule has 1 aromatic rings. The first-order valence-corrected chi connectivity index (χ1v) is 5.89. The molecule has 1 heterocycles. The van der Waals surface area contributed by atoms with Crippen molar-refractivity contribution >= 4 is 11.8 Å². The minimum atomic E-state index is -0.485. The van der Waals surface area contributed by atoms with Gasteiger partial charge in [-0.15, -0.1) is 0 Å². The first-order chi connectivity index (χ1) is 8.24. The number of esters is 1. The van der Waals surface area contributed by atoms with E-state index in [-0.39, 0.29) is 5.82 Å². The number of carbonyl (C=O) groups excluding carboxylic acids is 1. The van der Waals surface area contributed by atoms with Crippen LogP contribution in [-0.4, -0.2) is 30.1 Å². The lowest BCUT2D eigenvalue weighted by Crippen LogP contribution is -2.12. The second-order valence-corrected chi connectivity index (χ2v) is 4.22. The minimum Gasteiger partial charge on any atom is -0.463 e. The maximum absolute atomic E-state index is 11.5. The van der Waals surface area contributed by atoms with Gasteiger partial charge in [-0.3, -0.25) is 0 Å². The molecule has 5 nitrogen and oxygen atoms in total. The lowest BCUT2D eigenvalue weighted by atomic mass is 10.0. The Kier molecular flexibility index (Phi) is 3.56. The first-order valence-electron chi connectivity index (χ1n) is 5.89. The van der Waals surface area contributed by atoms with Gasteiger partial charge >= 0.3 is 5.97 Å². The Morgan fingerprint density at radius 1 is 1.41 bits per heavy atom. The van der Waals surface area contributed by atoms with Crippen LogP contribution >= 0.6 is 0 Å². The summed E-state index contributed by atoms with van der Waals surface area (Å²) in [5, 5.41) is 2.95. The molecule has 17 heavy (non-hydrogen) atoms. The van der Waals surface area contributed by atoms with Crippen LogP contribution in [0.3, 0.4) is 0 Å². The van der Waals surface area contributed by atoms with Gasteiger partial charge in [0.1, 0.15) is 5.82 Å². The molecule has 1 saturated carbocycles. The minimum absolute atomic E-state index is 0.140. The fraction of sp³-hybridized carbons (Fsp3) is 0.583. The molecule has 0 amide bonds. The second-order valence-electron chi connectivity index (χ2n) is 4.22. The van der Waals surface area contributed by atoms with Gasteiger partial charge < -0.3 is 10.1 Å². The van der Waals surface area contributed by atoms with Gasteiger partial charge in [0.05, 0.1) is 7.11 Å². The largest absolute Gasteiger partial charge is 0.463 e. The van der Waals surface area contributed by atoms with E-state index >= 15 is 0 Å². The summed E-state index contributed by atoms with van der Waals surface area (Å²) in [6.45, 7) is 0. The average molecular weight is 235 g/mol. The molecule has 0 atom stereocenters. The van der Waals surface area contributed by atoms with Crippen molar-refractivity contribution in [2.75, 3.05) is 19.5 Å². The highest BCUT2D eigenvalue weighted by Crippen LogP contribution is 2.33. The van der Waals surface area contributed by atoms with Crippen LogP contribution < -0.4 is 5.32 Å². The molecule has 0 aliphatic heterocycles. The molecule has 5 heteroatoms. The van der Waals surface area contributed by atoms with E-state index in [2.05, 4.69) is 20.0 Å². The lowest BCUT2D eigenvalue weighted by molar-refractivity contribution is 0.0586. The average Bonchev–Trinajstić information content (AvgIpc) is 2.91. The summed E-state index contributed by atoms with van der Waals surface area (Å²) < 4.78 is 4.66. The Balaban J connectivity index is 2.34. The molecular weight excluding hydrogens is 218 g/mol. The van der Waals surface area contributed by atoms with Gasteiger partial charge in [0.2, 0.25) is 5.82 Å². The number of aromatic nitrogens is 2. The maximum Gasteiger partial charge on any atom is 0.376 e. The summed E-state index contributed by atoms with van der Waals surface area (Å²) >= 11 is 0. The number of carbonyl (C=O) groups is 1. The van der Waals surface area contributed by atoms with E-state index in [0.29, 0.717) is 11.7 Å². The van der Waals surface area contributed by atoms with Gasteiger partial charge in [-0.2, -0.15) is 0 Å². The smallest absolute Gasteiger partial charge is 0.376 e. The second kappa shape index (κ2) is 5.12. The Morgan fingerprint density at radius 3 is 2.71 bits per heavy atom. The van der Waals surface area contributed by atoms with Gasteiger partial charge in [0, 0.05) is 24.7 Å². The van der Waals surface area contributed by atoms with Crippen LogP contribution in [0.1, 0.15) is 47.9 Å². The topological polar surface area (TPSA) is 64.1 Å². The molecular formula is C12H17N3O2. The van der Waals surface area contributed by atoms with Crippen molar-refractivity contribution in [2.24, 2.45) is 0 Å². The van der Waals surface area contributed by atoms with E-state index in [1.54, 1.807) is 7.05 Å². The Bertz CT molecular complexity index is 414. The van der Waals surface area contributed by atoms with Crippen molar-refractivity contribution < 1.29 is 9.53 Å². The summed E-state index contributed by atoms with van der Waals surface area (Å²) in [6.07, 6.45) is 4.75. The molecule has 0 aromatic carbocycles. The standard InChI is InChI=1S/C12H17N3O2/c1-13-10-7-9(8-5-3-4-6-8)14-11(15-10)12(16)17-2/h7-8H,3-6H2,1-2H3,(H,13,14,15). The van der Waals surface area contributed by atoms with Crippen LogP contribution in [0.4, 0.5) is 5.82 Å². The fourth-order valence-corrected chi connectivity index (χ4v) is 2.21. The van der Waals surface area contributed by atoms with Crippen molar-refractivity contribution in [3.63, 3.8) is 0 Å². The summed E-state index contributed by atoms with van der Waals surface area (Å²) in [5.41, 5.74) is 0.947. The van der Waals surface area contributed by atoms with E-state index < -0.39 is 5.97 Å². The van der Waals surface area contributed by atoms with E-state index in [9.17, 15) is 4.79 Å². The third-order valence-corrected chi connectivity index (χ3v) is 3.14. The molecule has 92 valence electrons. The predicted molar refractivity (Wildman–Crippen MR) is 64.1 cm³/mol.